The van der Waals surface area contributed by atoms with Gasteiger partial charge in [0.2, 0.25) is 5.91 Å². The van der Waals surface area contributed by atoms with E-state index < -0.39 is 0 Å². The summed E-state index contributed by atoms with van der Waals surface area (Å²) in [6, 6.07) is 6.56. The molecule has 0 aliphatic carbocycles. The Bertz CT molecular complexity index is 942. The number of esters is 1. The maximum absolute atomic E-state index is 11.7. The third kappa shape index (κ3) is 3.39. The number of benzene rings is 1. The molecule has 27 heavy (non-hydrogen) atoms. The van der Waals surface area contributed by atoms with Crippen molar-refractivity contribution in [1.29, 1.82) is 0 Å². The summed E-state index contributed by atoms with van der Waals surface area (Å²) in [5.41, 5.74) is 6.82. The summed E-state index contributed by atoms with van der Waals surface area (Å²) < 4.78 is 6.73. The maximum Gasteiger partial charge on any atom is 0.310 e. The number of rotatable bonds is 3. The van der Waals surface area contributed by atoms with Crippen LogP contribution in [0, 0.1) is 0 Å². The van der Waals surface area contributed by atoms with Crippen LogP contribution < -0.4 is 0 Å². The van der Waals surface area contributed by atoms with Gasteiger partial charge < -0.3 is 9.64 Å². The zero-order chi connectivity index (χ0) is 19.0. The minimum atomic E-state index is -0.260. The number of hydrogen-bond donors (Lipinski definition) is 0. The van der Waals surface area contributed by atoms with Crippen LogP contribution in [0.25, 0.3) is 11.6 Å². The van der Waals surface area contributed by atoms with Crippen molar-refractivity contribution < 1.29 is 14.3 Å². The summed E-state index contributed by atoms with van der Waals surface area (Å²) in [5, 5.41) is 4.39. The second kappa shape index (κ2) is 7.02. The number of aryl methyl sites for hydroxylation is 1. The van der Waals surface area contributed by atoms with Gasteiger partial charge in [-0.3, -0.25) is 14.3 Å². The minimum Gasteiger partial charge on any atom is -0.469 e. The van der Waals surface area contributed by atoms with E-state index in [9.17, 15) is 9.59 Å². The Morgan fingerprint density at radius 1 is 1.19 bits per heavy atom. The van der Waals surface area contributed by atoms with Crippen molar-refractivity contribution in [2.24, 2.45) is 0 Å². The summed E-state index contributed by atoms with van der Waals surface area (Å²) in [6.45, 7) is 3.89. The van der Waals surface area contributed by atoms with Crippen molar-refractivity contribution in [2.75, 3.05) is 13.7 Å². The van der Waals surface area contributed by atoms with Crippen LogP contribution in [-0.2, 0) is 40.3 Å². The highest BCUT2D eigenvalue weighted by Crippen LogP contribution is 2.31. The highest BCUT2D eigenvalue weighted by molar-refractivity contribution is 5.84. The maximum atomic E-state index is 11.7. The molecule has 6 heteroatoms. The summed E-state index contributed by atoms with van der Waals surface area (Å²) in [5.74, 6) is -0.135. The van der Waals surface area contributed by atoms with Gasteiger partial charge in [0.05, 0.1) is 25.4 Å². The zero-order valence-corrected chi connectivity index (χ0v) is 15.7. The molecule has 0 spiro atoms. The predicted octanol–water partition coefficient (Wildman–Crippen LogP) is 2.45. The average Bonchev–Trinajstić information content (AvgIpc) is 3.08. The Morgan fingerprint density at radius 2 is 2.04 bits per heavy atom. The lowest BCUT2D eigenvalue weighted by atomic mass is 9.92. The van der Waals surface area contributed by atoms with Gasteiger partial charge in [0.25, 0.3) is 0 Å². The Balaban J connectivity index is 1.64. The first-order chi connectivity index (χ1) is 13.0. The fourth-order valence-corrected chi connectivity index (χ4v) is 3.86. The first-order valence-corrected chi connectivity index (χ1v) is 9.25. The van der Waals surface area contributed by atoms with Gasteiger partial charge in [-0.15, -0.1) is 0 Å². The topological polar surface area (TPSA) is 64.4 Å². The highest BCUT2D eigenvalue weighted by Gasteiger charge is 2.21. The summed E-state index contributed by atoms with van der Waals surface area (Å²) in [7, 11) is 1.40. The summed E-state index contributed by atoms with van der Waals surface area (Å²) in [4.78, 5) is 25.3. The van der Waals surface area contributed by atoms with Gasteiger partial charge in [0.15, 0.2) is 0 Å². The third-order valence-corrected chi connectivity index (χ3v) is 5.46. The molecule has 2 aromatic rings. The van der Waals surface area contributed by atoms with E-state index in [-0.39, 0.29) is 18.3 Å². The van der Waals surface area contributed by atoms with E-state index in [2.05, 4.69) is 29.4 Å². The molecule has 0 N–H and O–H groups in total. The van der Waals surface area contributed by atoms with Crippen molar-refractivity contribution in [3.63, 3.8) is 0 Å². The summed E-state index contributed by atoms with van der Waals surface area (Å²) in [6.07, 6.45) is 5.91. The van der Waals surface area contributed by atoms with Crippen LogP contribution in [0.15, 0.2) is 24.4 Å². The van der Waals surface area contributed by atoms with E-state index in [1.165, 1.54) is 29.4 Å². The second-order valence-corrected chi connectivity index (χ2v) is 7.12. The molecule has 0 saturated heterocycles. The van der Waals surface area contributed by atoms with Gasteiger partial charge >= 0.3 is 5.97 Å². The van der Waals surface area contributed by atoms with Crippen LogP contribution in [0.3, 0.4) is 0 Å². The standard InChI is InChI=1S/C21H23N3O3/c1-14(25)23-7-5-15-3-4-16(9-19(15)13-23)17-6-8-24-20(10-17)18(12-22-24)11-21(26)27-2/h3-4,9-10,12H,5-8,11,13H2,1-2H3. The average molecular weight is 365 g/mol. The van der Waals surface area contributed by atoms with Crippen molar-refractivity contribution in [3.05, 3.63) is 52.3 Å². The number of aromatic nitrogens is 2. The molecular formula is C21H23N3O3. The van der Waals surface area contributed by atoms with E-state index in [4.69, 9.17) is 4.74 Å². The summed E-state index contributed by atoms with van der Waals surface area (Å²) >= 11 is 0. The molecule has 1 aromatic heterocycles. The number of methoxy groups -OCH3 is 1. The Kier molecular flexibility index (Phi) is 4.56. The van der Waals surface area contributed by atoms with Crippen LogP contribution in [-0.4, -0.2) is 40.2 Å². The van der Waals surface area contributed by atoms with Crippen molar-refractivity contribution >= 4 is 23.5 Å². The first-order valence-electron chi connectivity index (χ1n) is 9.25. The molecule has 3 heterocycles. The van der Waals surface area contributed by atoms with Crippen LogP contribution in [0.5, 0.6) is 0 Å². The largest absolute Gasteiger partial charge is 0.469 e. The fraction of sp³-hybridized carbons (Fsp3) is 0.381. The zero-order valence-electron chi connectivity index (χ0n) is 15.7. The van der Waals surface area contributed by atoms with Crippen LogP contribution >= 0.6 is 0 Å². The first kappa shape index (κ1) is 17.5. The number of ether oxygens (including phenoxy) is 1. The van der Waals surface area contributed by atoms with Gasteiger partial charge in [-0.1, -0.05) is 12.1 Å². The third-order valence-electron chi connectivity index (χ3n) is 5.46. The molecule has 0 fully saturated rings. The lowest BCUT2D eigenvalue weighted by Gasteiger charge is -2.28. The molecule has 0 radical (unpaired) electrons. The number of carbonyl (C=O) groups is 2. The number of carbonyl (C=O) groups excluding carboxylic acids is 2. The molecule has 2 aliphatic rings. The number of fused-ring (bicyclic) bond motifs is 2. The lowest BCUT2D eigenvalue weighted by molar-refractivity contribution is -0.139. The molecule has 0 atom stereocenters. The van der Waals surface area contributed by atoms with Gasteiger partial charge in [-0.25, -0.2) is 0 Å². The molecule has 0 saturated carbocycles. The highest BCUT2D eigenvalue weighted by atomic mass is 16.5. The Hall–Kier alpha value is -2.89. The van der Waals surface area contributed by atoms with E-state index in [1.54, 1.807) is 13.1 Å². The fourth-order valence-electron chi connectivity index (χ4n) is 3.86. The number of allylic oxidation sites excluding steroid dienone is 1. The molecule has 6 nitrogen and oxygen atoms in total. The van der Waals surface area contributed by atoms with Crippen molar-refractivity contribution in [2.45, 2.75) is 39.3 Å². The van der Waals surface area contributed by atoms with E-state index >= 15 is 0 Å². The Labute approximate surface area is 158 Å². The molecule has 0 bridgehead atoms. The van der Waals surface area contributed by atoms with E-state index in [1.807, 2.05) is 9.58 Å². The smallest absolute Gasteiger partial charge is 0.310 e. The minimum absolute atomic E-state index is 0.124. The second-order valence-electron chi connectivity index (χ2n) is 7.12. The van der Waals surface area contributed by atoms with Gasteiger partial charge in [0.1, 0.15) is 0 Å². The number of hydrogen-bond acceptors (Lipinski definition) is 4. The Morgan fingerprint density at radius 3 is 2.81 bits per heavy atom. The van der Waals surface area contributed by atoms with Gasteiger partial charge in [-0.2, -0.15) is 5.10 Å². The van der Waals surface area contributed by atoms with E-state index in [0.717, 1.165) is 37.2 Å². The normalized spacial score (nSPS) is 15.6. The monoisotopic (exact) mass is 365 g/mol. The van der Waals surface area contributed by atoms with Gasteiger partial charge in [0, 0.05) is 32.1 Å². The quantitative estimate of drug-likeness (QED) is 0.784. The molecular weight excluding hydrogens is 342 g/mol. The lowest BCUT2D eigenvalue weighted by Crippen LogP contribution is -2.34. The van der Waals surface area contributed by atoms with Crippen LogP contribution in [0.4, 0.5) is 0 Å². The number of amides is 1. The molecule has 140 valence electrons. The number of nitrogens with zero attached hydrogens (tertiary/aromatic N) is 3. The van der Waals surface area contributed by atoms with Gasteiger partial charge in [-0.05, 0) is 47.2 Å². The molecule has 4 rings (SSSR count). The van der Waals surface area contributed by atoms with Crippen molar-refractivity contribution in [3.8, 4) is 0 Å². The van der Waals surface area contributed by atoms with Crippen LogP contribution in [0.1, 0.15) is 41.3 Å². The van der Waals surface area contributed by atoms with Crippen molar-refractivity contribution in [1.82, 2.24) is 14.7 Å². The predicted molar refractivity (Wildman–Crippen MR) is 102 cm³/mol. The SMILES string of the molecule is COC(=O)Cc1cnn2c1C=C(c1ccc3c(c1)CN(C(C)=O)CC3)CC2. The molecule has 1 aromatic carbocycles. The molecule has 2 aliphatic heterocycles. The van der Waals surface area contributed by atoms with Crippen LogP contribution in [0.2, 0.25) is 0 Å². The van der Waals surface area contributed by atoms with E-state index in [0.29, 0.717) is 6.54 Å². The molecule has 1 amide bonds. The molecule has 0 unspecified atom stereocenters.